The summed E-state index contributed by atoms with van der Waals surface area (Å²) in [4.78, 5) is 10.7. The summed E-state index contributed by atoms with van der Waals surface area (Å²) in [5.41, 5.74) is 6.35. The van der Waals surface area contributed by atoms with Crippen LogP contribution in [-0.4, -0.2) is 17.1 Å². The van der Waals surface area contributed by atoms with E-state index in [1.165, 1.54) is 0 Å². The molecule has 1 atom stereocenters. The molecule has 0 aliphatic rings. The van der Waals surface area contributed by atoms with Gasteiger partial charge in [-0.1, -0.05) is 30.3 Å². The molecule has 106 valence electrons. The lowest BCUT2D eigenvalue weighted by Crippen LogP contribution is -2.32. The van der Waals surface area contributed by atoms with E-state index in [0.29, 0.717) is 5.75 Å². The number of rotatable bonds is 5. The van der Waals surface area contributed by atoms with Crippen molar-refractivity contribution in [1.29, 1.82) is 0 Å². The standard InChI is InChI=1S/C15H15NO3.ClH/c16-14(15(17)18)10-11-5-4-8-13(9-11)19-12-6-2-1-3-7-12;/h1-9,14H,10,16H2,(H,17,18);1H. The van der Waals surface area contributed by atoms with Crippen molar-refractivity contribution in [3.05, 3.63) is 60.2 Å². The molecule has 2 rings (SSSR count). The van der Waals surface area contributed by atoms with Crippen LogP contribution in [0.25, 0.3) is 0 Å². The van der Waals surface area contributed by atoms with Crippen LogP contribution in [0.3, 0.4) is 0 Å². The lowest BCUT2D eigenvalue weighted by Gasteiger charge is -2.09. The van der Waals surface area contributed by atoms with Gasteiger partial charge in [-0.2, -0.15) is 0 Å². The van der Waals surface area contributed by atoms with E-state index in [1.54, 1.807) is 6.07 Å². The largest absolute Gasteiger partial charge is 0.480 e. The average Bonchev–Trinajstić information content (AvgIpc) is 2.40. The third-order valence-electron chi connectivity index (χ3n) is 2.65. The van der Waals surface area contributed by atoms with Gasteiger partial charge in [0.05, 0.1) is 0 Å². The number of carboxylic acid groups (broad SMARTS) is 1. The maximum Gasteiger partial charge on any atom is 0.320 e. The van der Waals surface area contributed by atoms with Gasteiger partial charge >= 0.3 is 5.97 Å². The Morgan fingerprint density at radius 1 is 1.10 bits per heavy atom. The van der Waals surface area contributed by atoms with Gasteiger partial charge in [0.25, 0.3) is 0 Å². The first-order chi connectivity index (χ1) is 9.15. The summed E-state index contributed by atoms with van der Waals surface area (Å²) in [7, 11) is 0. The van der Waals surface area contributed by atoms with Crippen LogP contribution >= 0.6 is 12.4 Å². The molecule has 0 saturated heterocycles. The predicted octanol–water partition coefficient (Wildman–Crippen LogP) is 2.86. The molecule has 0 spiro atoms. The van der Waals surface area contributed by atoms with Gasteiger partial charge in [-0.3, -0.25) is 4.79 Å². The number of carboxylic acids is 1. The van der Waals surface area contributed by atoms with Crippen LogP contribution in [0, 0.1) is 0 Å². The Labute approximate surface area is 123 Å². The predicted molar refractivity (Wildman–Crippen MR) is 79.5 cm³/mol. The molecule has 0 fully saturated rings. The van der Waals surface area contributed by atoms with Gasteiger partial charge in [-0.25, -0.2) is 0 Å². The van der Waals surface area contributed by atoms with Crippen LogP contribution in [0.15, 0.2) is 54.6 Å². The molecular weight excluding hydrogens is 278 g/mol. The number of para-hydroxylation sites is 1. The Kier molecular flexibility index (Phi) is 6.03. The molecule has 0 radical (unpaired) electrons. The molecule has 1 unspecified atom stereocenters. The van der Waals surface area contributed by atoms with Gasteiger partial charge in [0.1, 0.15) is 17.5 Å². The molecule has 4 nitrogen and oxygen atoms in total. The Bertz CT molecular complexity index is 560. The summed E-state index contributed by atoms with van der Waals surface area (Å²) in [5, 5.41) is 8.79. The van der Waals surface area contributed by atoms with E-state index in [9.17, 15) is 4.79 Å². The van der Waals surface area contributed by atoms with Crippen molar-refractivity contribution < 1.29 is 14.6 Å². The van der Waals surface area contributed by atoms with Crippen LogP contribution in [0.1, 0.15) is 5.56 Å². The molecule has 0 amide bonds. The Morgan fingerprint density at radius 3 is 2.40 bits per heavy atom. The van der Waals surface area contributed by atoms with Crippen LogP contribution in [0.2, 0.25) is 0 Å². The molecule has 0 aliphatic heterocycles. The van der Waals surface area contributed by atoms with Crippen molar-refractivity contribution in [2.45, 2.75) is 12.5 Å². The van der Waals surface area contributed by atoms with Gasteiger partial charge in [0.2, 0.25) is 0 Å². The van der Waals surface area contributed by atoms with Crippen LogP contribution in [0.5, 0.6) is 11.5 Å². The van der Waals surface area contributed by atoms with Gasteiger partial charge in [0.15, 0.2) is 0 Å². The molecular formula is C15H16ClNO3. The van der Waals surface area contributed by atoms with E-state index < -0.39 is 12.0 Å². The normalized spacial score (nSPS) is 11.2. The number of carbonyl (C=O) groups is 1. The number of hydrogen-bond acceptors (Lipinski definition) is 3. The zero-order valence-corrected chi connectivity index (χ0v) is 11.5. The number of nitrogens with two attached hydrogens (primary N) is 1. The maximum atomic E-state index is 10.7. The molecule has 2 aromatic carbocycles. The summed E-state index contributed by atoms with van der Waals surface area (Å²) in [6.45, 7) is 0. The quantitative estimate of drug-likeness (QED) is 0.889. The molecule has 2 aromatic rings. The van der Waals surface area contributed by atoms with Crippen molar-refractivity contribution in [2.75, 3.05) is 0 Å². The number of benzene rings is 2. The third kappa shape index (κ3) is 4.57. The fourth-order valence-electron chi connectivity index (χ4n) is 1.70. The number of aliphatic carboxylic acids is 1. The summed E-state index contributed by atoms with van der Waals surface area (Å²) in [6.07, 6.45) is 0.279. The highest BCUT2D eigenvalue weighted by molar-refractivity contribution is 5.85. The van der Waals surface area contributed by atoms with Gasteiger partial charge < -0.3 is 15.6 Å². The zero-order chi connectivity index (χ0) is 13.7. The molecule has 0 aliphatic carbocycles. The van der Waals surface area contributed by atoms with E-state index in [0.717, 1.165) is 11.3 Å². The second-order valence-electron chi connectivity index (χ2n) is 4.21. The highest BCUT2D eigenvalue weighted by atomic mass is 35.5. The van der Waals surface area contributed by atoms with E-state index in [4.69, 9.17) is 15.6 Å². The molecule has 0 saturated carbocycles. The highest BCUT2D eigenvalue weighted by Gasteiger charge is 2.12. The van der Waals surface area contributed by atoms with Crippen molar-refractivity contribution in [2.24, 2.45) is 5.73 Å². The van der Waals surface area contributed by atoms with Crippen LogP contribution in [-0.2, 0) is 11.2 Å². The minimum absolute atomic E-state index is 0. The minimum atomic E-state index is -1.01. The summed E-state index contributed by atoms with van der Waals surface area (Å²) in [5.74, 6) is 0.401. The second kappa shape index (κ2) is 7.53. The number of ether oxygens (including phenoxy) is 1. The van der Waals surface area contributed by atoms with Crippen molar-refractivity contribution >= 4 is 18.4 Å². The monoisotopic (exact) mass is 293 g/mol. The summed E-state index contributed by atoms with van der Waals surface area (Å²) < 4.78 is 5.67. The first-order valence-electron chi connectivity index (χ1n) is 5.95. The maximum absolute atomic E-state index is 10.7. The van der Waals surface area contributed by atoms with Crippen molar-refractivity contribution in [3.63, 3.8) is 0 Å². The van der Waals surface area contributed by atoms with Gasteiger partial charge in [-0.15, -0.1) is 12.4 Å². The van der Waals surface area contributed by atoms with Crippen LogP contribution in [0.4, 0.5) is 0 Å². The second-order valence-corrected chi connectivity index (χ2v) is 4.21. The fraction of sp³-hybridized carbons (Fsp3) is 0.133. The van der Waals surface area contributed by atoms with Crippen molar-refractivity contribution in [1.82, 2.24) is 0 Å². The molecule has 0 heterocycles. The van der Waals surface area contributed by atoms with E-state index in [2.05, 4.69) is 0 Å². The average molecular weight is 294 g/mol. The van der Waals surface area contributed by atoms with Crippen LogP contribution < -0.4 is 10.5 Å². The highest BCUT2D eigenvalue weighted by Crippen LogP contribution is 2.22. The SMILES string of the molecule is Cl.NC(Cc1cccc(Oc2ccccc2)c1)C(=O)O. The minimum Gasteiger partial charge on any atom is -0.480 e. The summed E-state index contributed by atoms with van der Waals surface area (Å²) >= 11 is 0. The fourth-order valence-corrected chi connectivity index (χ4v) is 1.70. The first kappa shape index (κ1) is 16.0. The molecule has 5 heteroatoms. The van der Waals surface area contributed by atoms with Gasteiger partial charge in [0, 0.05) is 0 Å². The van der Waals surface area contributed by atoms with E-state index in [1.807, 2.05) is 48.5 Å². The van der Waals surface area contributed by atoms with E-state index in [-0.39, 0.29) is 18.8 Å². The topological polar surface area (TPSA) is 72.5 Å². The lowest BCUT2D eigenvalue weighted by molar-refractivity contribution is -0.138. The first-order valence-corrected chi connectivity index (χ1v) is 5.95. The number of hydrogen-bond donors (Lipinski definition) is 2. The number of halogens is 1. The van der Waals surface area contributed by atoms with E-state index >= 15 is 0 Å². The Balaban J connectivity index is 0.00000200. The molecule has 3 N–H and O–H groups in total. The zero-order valence-electron chi connectivity index (χ0n) is 10.7. The van der Waals surface area contributed by atoms with Crippen molar-refractivity contribution in [3.8, 4) is 11.5 Å². The smallest absolute Gasteiger partial charge is 0.320 e. The Hall–Kier alpha value is -2.04. The Morgan fingerprint density at radius 2 is 1.75 bits per heavy atom. The summed E-state index contributed by atoms with van der Waals surface area (Å²) in [6, 6.07) is 15.8. The molecule has 20 heavy (non-hydrogen) atoms. The molecule has 0 bridgehead atoms. The lowest BCUT2D eigenvalue weighted by atomic mass is 10.1. The third-order valence-corrected chi connectivity index (χ3v) is 2.65. The molecule has 0 aromatic heterocycles. The van der Waals surface area contributed by atoms with Gasteiger partial charge in [-0.05, 0) is 36.2 Å².